The summed E-state index contributed by atoms with van der Waals surface area (Å²) >= 11 is 5.44. The van der Waals surface area contributed by atoms with E-state index < -0.39 is 11.8 Å². The van der Waals surface area contributed by atoms with Crippen molar-refractivity contribution < 1.29 is 5.11 Å². The molecule has 1 aromatic heterocycles. The normalized spacial score (nSPS) is 12.8. The Bertz CT molecular complexity index is 364. The molecular formula is C6H9ClN4O2. The molecule has 1 aromatic rings. The maximum atomic E-state index is 10.9. The average molecular weight is 205 g/mol. The first-order chi connectivity index (χ1) is 6.06. The Hall–Kier alpha value is -1.11. The van der Waals surface area contributed by atoms with Crippen LogP contribution in [0.5, 0.6) is 0 Å². The molecular weight excluding hydrogens is 196 g/mol. The third kappa shape index (κ3) is 1.97. The van der Waals surface area contributed by atoms with Crippen LogP contribution in [0.3, 0.4) is 0 Å². The summed E-state index contributed by atoms with van der Waals surface area (Å²) in [5, 5.41) is 11.5. The highest BCUT2D eigenvalue weighted by atomic mass is 35.5. The molecule has 1 unspecified atom stereocenters. The summed E-state index contributed by atoms with van der Waals surface area (Å²) in [7, 11) is 1.52. The van der Waals surface area contributed by atoms with Gasteiger partial charge in [0.15, 0.2) is 11.4 Å². The van der Waals surface area contributed by atoms with E-state index in [1.165, 1.54) is 7.05 Å². The molecule has 0 aliphatic carbocycles. The van der Waals surface area contributed by atoms with E-state index in [-0.39, 0.29) is 16.7 Å². The van der Waals surface area contributed by atoms with E-state index in [9.17, 15) is 9.90 Å². The van der Waals surface area contributed by atoms with Gasteiger partial charge in [0.2, 0.25) is 0 Å². The average Bonchev–Trinajstić information content (AvgIpc) is 2.10. The Labute approximate surface area is 78.7 Å². The molecule has 0 aliphatic heterocycles. The van der Waals surface area contributed by atoms with Gasteiger partial charge in [-0.15, -0.1) is 0 Å². The Balaban J connectivity index is 3.23. The minimum Gasteiger partial charge on any atom is -0.384 e. The maximum absolute atomic E-state index is 10.9. The summed E-state index contributed by atoms with van der Waals surface area (Å²) in [6, 6.07) is 0. The van der Waals surface area contributed by atoms with Crippen molar-refractivity contribution in [3.8, 4) is 0 Å². The van der Waals surface area contributed by atoms with Gasteiger partial charge in [0, 0.05) is 0 Å². The van der Waals surface area contributed by atoms with E-state index in [2.05, 4.69) is 15.3 Å². The Morgan fingerprint density at radius 1 is 1.77 bits per heavy atom. The minimum absolute atomic E-state index is 0.00347. The van der Waals surface area contributed by atoms with Crippen molar-refractivity contribution in [3.63, 3.8) is 0 Å². The zero-order chi connectivity index (χ0) is 10.0. The molecule has 0 amide bonds. The molecule has 13 heavy (non-hydrogen) atoms. The van der Waals surface area contributed by atoms with E-state index in [4.69, 9.17) is 17.3 Å². The number of hydrogen-bond acceptors (Lipinski definition) is 5. The maximum Gasteiger partial charge on any atom is 0.287 e. The van der Waals surface area contributed by atoms with Crippen molar-refractivity contribution in [2.75, 3.05) is 12.8 Å². The molecule has 0 spiro atoms. The number of halogens is 1. The van der Waals surface area contributed by atoms with Crippen LogP contribution in [0.4, 0.5) is 5.82 Å². The fourth-order valence-electron chi connectivity index (χ4n) is 0.800. The molecule has 0 radical (unpaired) electrons. The summed E-state index contributed by atoms with van der Waals surface area (Å²) in [5.41, 5.74) is 4.92. The SMILES string of the molecule is CNC(O)c1nc(Cl)c(=O)[nH]c1N. The molecule has 0 saturated heterocycles. The number of aliphatic hydroxyl groups excluding tert-OH is 1. The number of anilines is 1. The van der Waals surface area contributed by atoms with Gasteiger partial charge in [-0.25, -0.2) is 4.98 Å². The van der Waals surface area contributed by atoms with Gasteiger partial charge in [-0.1, -0.05) is 11.6 Å². The number of H-pyrrole nitrogens is 1. The number of nitrogens with two attached hydrogens (primary N) is 1. The number of rotatable bonds is 2. The quantitative estimate of drug-likeness (QED) is 0.473. The van der Waals surface area contributed by atoms with Crippen molar-refractivity contribution in [2.24, 2.45) is 0 Å². The molecule has 0 bridgehead atoms. The highest BCUT2D eigenvalue weighted by Gasteiger charge is 2.13. The van der Waals surface area contributed by atoms with Crippen LogP contribution in [0, 0.1) is 0 Å². The second-order valence-corrected chi connectivity index (χ2v) is 2.70. The van der Waals surface area contributed by atoms with Crippen molar-refractivity contribution in [1.29, 1.82) is 0 Å². The van der Waals surface area contributed by atoms with Crippen molar-refractivity contribution >= 4 is 17.4 Å². The highest BCUT2D eigenvalue weighted by Crippen LogP contribution is 2.12. The third-order valence-corrected chi connectivity index (χ3v) is 1.72. The fraction of sp³-hybridized carbons (Fsp3) is 0.333. The molecule has 1 atom stereocenters. The van der Waals surface area contributed by atoms with Crippen molar-refractivity contribution in [3.05, 3.63) is 21.2 Å². The minimum atomic E-state index is -1.05. The van der Waals surface area contributed by atoms with Crippen LogP contribution in [-0.4, -0.2) is 22.1 Å². The van der Waals surface area contributed by atoms with Crippen LogP contribution in [0.25, 0.3) is 0 Å². The second-order valence-electron chi connectivity index (χ2n) is 2.35. The predicted octanol–water partition coefficient (Wildman–Crippen LogP) is -0.784. The van der Waals surface area contributed by atoms with Gasteiger partial charge in [-0.05, 0) is 7.05 Å². The van der Waals surface area contributed by atoms with Gasteiger partial charge in [-0.2, -0.15) is 0 Å². The van der Waals surface area contributed by atoms with Gasteiger partial charge in [0.25, 0.3) is 5.56 Å². The smallest absolute Gasteiger partial charge is 0.287 e. The third-order valence-electron chi connectivity index (χ3n) is 1.46. The lowest BCUT2D eigenvalue weighted by molar-refractivity contribution is 0.145. The van der Waals surface area contributed by atoms with Crippen molar-refractivity contribution in [1.82, 2.24) is 15.3 Å². The van der Waals surface area contributed by atoms with Gasteiger partial charge in [0.1, 0.15) is 11.5 Å². The predicted molar refractivity (Wildman–Crippen MR) is 48.3 cm³/mol. The van der Waals surface area contributed by atoms with Crippen LogP contribution < -0.4 is 16.6 Å². The molecule has 6 nitrogen and oxygen atoms in total. The van der Waals surface area contributed by atoms with E-state index in [1.54, 1.807) is 0 Å². The first-order valence-electron chi connectivity index (χ1n) is 3.46. The molecule has 0 aliphatic rings. The molecule has 5 N–H and O–H groups in total. The zero-order valence-corrected chi connectivity index (χ0v) is 7.59. The van der Waals surface area contributed by atoms with Crippen LogP contribution in [0.1, 0.15) is 11.9 Å². The topological polar surface area (TPSA) is 104 Å². The fourth-order valence-corrected chi connectivity index (χ4v) is 0.938. The summed E-state index contributed by atoms with van der Waals surface area (Å²) in [6.07, 6.45) is -1.05. The van der Waals surface area contributed by atoms with E-state index in [1.807, 2.05) is 0 Å². The number of aromatic nitrogens is 2. The number of nitrogens with zero attached hydrogens (tertiary/aromatic N) is 1. The molecule has 1 heterocycles. The van der Waals surface area contributed by atoms with E-state index in [0.717, 1.165) is 0 Å². The largest absolute Gasteiger partial charge is 0.384 e. The van der Waals surface area contributed by atoms with Crippen LogP contribution in [0.2, 0.25) is 5.15 Å². The molecule has 7 heteroatoms. The van der Waals surface area contributed by atoms with Crippen molar-refractivity contribution in [2.45, 2.75) is 6.23 Å². The van der Waals surface area contributed by atoms with Crippen LogP contribution in [0.15, 0.2) is 4.79 Å². The van der Waals surface area contributed by atoms with Gasteiger partial charge >= 0.3 is 0 Å². The Kier molecular flexibility index (Phi) is 2.86. The van der Waals surface area contributed by atoms with Gasteiger partial charge in [-0.3, -0.25) is 10.1 Å². The lowest BCUT2D eigenvalue weighted by Crippen LogP contribution is -2.22. The summed E-state index contributed by atoms with van der Waals surface area (Å²) < 4.78 is 0. The van der Waals surface area contributed by atoms with Gasteiger partial charge < -0.3 is 15.8 Å². The molecule has 1 rings (SSSR count). The number of aliphatic hydroxyl groups is 1. The van der Waals surface area contributed by atoms with Crippen LogP contribution in [-0.2, 0) is 0 Å². The number of hydrogen-bond donors (Lipinski definition) is 4. The summed E-state index contributed by atoms with van der Waals surface area (Å²) in [5.74, 6) is -0.00347. The lowest BCUT2D eigenvalue weighted by atomic mass is 10.3. The second kappa shape index (κ2) is 3.73. The molecule has 72 valence electrons. The van der Waals surface area contributed by atoms with Crippen LogP contribution >= 0.6 is 11.6 Å². The standard InChI is InChI=1S/C6H9ClN4O2/c1-9-5(12)2-4(8)11-6(13)3(7)10-2/h5,9,12H,1H3,(H3,8,11,13). The van der Waals surface area contributed by atoms with Gasteiger partial charge in [0.05, 0.1) is 0 Å². The molecule has 0 fully saturated rings. The molecule has 0 saturated carbocycles. The lowest BCUT2D eigenvalue weighted by Gasteiger charge is -2.10. The monoisotopic (exact) mass is 204 g/mol. The summed E-state index contributed by atoms with van der Waals surface area (Å²) in [4.78, 5) is 16.7. The highest BCUT2D eigenvalue weighted by molar-refractivity contribution is 6.29. The Morgan fingerprint density at radius 2 is 2.38 bits per heavy atom. The van der Waals surface area contributed by atoms with E-state index in [0.29, 0.717) is 0 Å². The zero-order valence-electron chi connectivity index (χ0n) is 6.84. The molecule has 0 aromatic carbocycles. The number of aromatic amines is 1. The number of nitrogens with one attached hydrogen (secondary N) is 2. The number of nitrogen functional groups attached to an aromatic ring is 1. The first kappa shape index (κ1) is 9.97. The first-order valence-corrected chi connectivity index (χ1v) is 3.84. The Morgan fingerprint density at radius 3 is 2.92 bits per heavy atom. The summed E-state index contributed by atoms with van der Waals surface area (Å²) in [6.45, 7) is 0. The van der Waals surface area contributed by atoms with E-state index >= 15 is 0 Å².